The summed E-state index contributed by atoms with van der Waals surface area (Å²) in [6, 6.07) is 27.6. The normalized spacial score (nSPS) is 11.0. The molecule has 4 rings (SSSR count). The average molecular weight is 503 g/mol. The first kappa shape index (κ1) is 22.6. The monoisotopic (exact) mass is 502 g/mol. The van der Waals surface area contributed by atoms with Crippen molar-refractivity contribution >= 4 is 38.8 Å². The summed E-state index contributed by atoms with van der Waals surface area (Å²) in [4.78, 5) is 12.1. The van der Waals surface area contributed by atoms with E-state index in [4.69, 9.17) is 9.47 Å². The minimum atomic E-state index is -0.185. The van der Waals surface area contributed by atoms with E-state index in [1.807, 2.05) is 60.7 Å². The molecule has 0 heterocycles. The summed E-state index contributed by atoms with van der Waals surface area (Å²) in [5, 5.41) is 6.41. The molecule has 4 aromatic rings. The van der Waals surface area contributed by atoms with Crippen LogP contribution in [0.3, 0.4) is 0 Å². The van der Waals surface area contributed by atoms with E-state index >= 15 is 0 Å². The summed E-state index contributed by atoms with van der Waals surface area (Å²) in [7, 11) is 1.60. The second-order valence-corrected chi connectivity index (χ2v) is 8.35. The molecule has 0 aliphatic heterocycles. The molecule has 4 aromatic carbocycles. The van der Waals surface area contributed by atoms with Gasteiger partial charge in [0.05, 0.1) is 19.7 Å². The Morgan fingerprint density at radius 2 is 1.76 bits per heavy atom. The zero-order valence-electron chi connectivity index (χ0n) is 18.1. The molecule has 33 heavy (non-hydrogen) atoms. The van der Waals surface area contributed by atoms with Gasteiger partial charge in [-0.15, -0.1) is 0 Å². The van der Waals surface area contributed by atoms with Crippen molar-refractivity contribution in [2.24, 2.45) is 5.10 Å². The van der Waals surface area contributed by atoms with Crippen molar-refractivity contribution in [1.82, 2.24) is 5.43 Å². The Morgan fingerprint density at radius 1 is 0.970 bits per heavy atom. The minimum Gasteiger partial charge on any atom is -0.493 e. The summed E-state index contributed by atoms with van der Waals surface area (Å²) in [6.07, 6.45) is 1.84. The number of rotatable bonds is 8. The Hall–Kier alpha value is -3.64. The molecule has 0 spiro atoms. The first-order valence-corrected chi connectivity index (χ1v) is 11.3. The topological polar surface area (TPSA) is 59.9 Å². The molecule has 0 unspecified atom stereocenters. The van der Waals surface area contributed by atoms with Crippen LogP contribution in [-0.4, -0.2) is 19.2 Å². The van der Waals surface area contributed by atoms with Gasteiger partial charge in [0, 0.05) is 4.47 Å². The van der Waals surface area contributed by atoms with Gasteiger partial charge in [-0.2, -0.15) is 5.10 Å². The lowest BCUT2D eigenvalue weighted by molar-refractivity contribution is -0.120. The number of amides is 1. The van der Waals surface area contributed by atoms with Crippen molar-refractivity contribution in [2.45, 2.75) is 13.0 Å². The van der Waals surface area contributed by atoms with Gasteiger partial charge in [0.25, 0.3) is 0 Å². The maximum atomic E-state index is 12.1. The predicted octanol–water partition coefficient (Wildman–Crippen LogP) is 5.88. The molecule has 0 aliphatic carbocycles. The van der Waals surface area contributed by atoms with Gasteiger partial charge in [-0.3, -0.25) is 4.79 Å². The van der Waals surface area contributed by atoms with Gasteiger partial charge >= 0.3 is 0 Å². The van der Waals surface area contributed by atoms with Crippen molar-refractivity contribution in [1.29, 1.82) is 0 Å². The zero-order valence-corrected chi connectivity index (χ0v) is 19.7. The first-order valence-electron chi connectivity index (χ1n) is 10.5. The number of carbonyl (C=O) groups is 1. The second-order valence-electron chi connectivity index (χ2n) is 7.43. The number of hydrogen-bond acceptors (Lipinski definition) is 4. The maximum Gasteiger partial charge on any atom is 0.244 e. The highest BCUT2D eigenvalue weighted by Gasteiger charge is 2.08. The number of carbonyl (C=O) groups excluding carboxylic acids is 1. The van der Waals surface area contributed by atoms with Crippen LogP contribution in [0.2, 0.25) is 0 Å². The summed E-state index contributed by atoms with van der Waals surface area (Å²) < 4.78 is 12.5. The first-order chi connectivity index (χ1) is 16.1. The maximum absolute atomic E-state index is 12.1. The molecule has 6 heteroatoms. The number of benzene rings is 4. The van der Waals surface area contributed by atoms with Crippen LogP contribution < -0.4 is 14.9 Å². The van der Waals surface area contributed by atoms with Crippen molar-refractivity contribution in [2.75, 3.05) is 7.11 Å². The Labute approximate surface area is 201 Å². The highest BCUT2D eigenvalue weighted by molar-refractivity contribution is 9.10. The lowest BCUT2D eigenvalue weighted by atomic mass is 10.1. The van der Waals surface area contributed by atoms with Gasteiger partial charge in [0.15, 0.2) is 11.5 Å². The molecule has 0 atom stereocenters. The number of ether oxygens (including phenoxy) is 2. The summed E-state index contributed by atoms with van der Waals surface area (Å²) in [5.41, 5.74) is 5.36. The quantitative estimate of drug-likeness (QED) is 0.241. The number of methoxy groups -OCH3 is 1. The van der Waals surface area contributed by atoms with E-state index in [0.29, 0.717) is 18.1 Å². The van der Waals surface area contributed by atoms with Gasteiger partial charge in [-0.05, 0) is 57.8 Å². The molecule has 5 nitrogen and oxygen atoms in total. The molecular weight excluding hydrogens is 480 g/mol. The van der Waals surface area contributed by atoms with Crippen LogP contribution in [0.4, 0.5) is 0 Å². The number of hydrogen-bond donors (Lipinski definition) is 1. The lowest BCUT2D eigenvalue weighted by Gasteiger charge is -2.12. The van der Waals surface area contributed by atoms with E-state index in [9.17, 15) is 4.79 Å². The number of nitrogens with zero attached hydrogens (tertiary/aromatic N) is 1. The van der Waals surface area contributed by atoms with Gasteiger partial charge in [0.1, 0.15) is 6.61 Å². The molecule has 1 amide bonds. The van der Waals surface area contributed by atoms with Crippen molar-refractivity contribution in [3.05, 3.63) is 106 Å². The average Bonchev–Trinajstić information content (AvgIpc) is 2.84. The van der Waals surface area contributed by atoms with Crippen LogP contribution in [0, 0.1) is 0 Å². The van der Waals surface area contributed by atoms with Crippen molar-refractivity contribution in [3.8, 4) is 11.5 Å². The molecular formula is C27H23BrN2O3. The number of hydrazone groups is 1. The van der Waals surface area contributed by atoms with E-state index in [0.717, 1.165) is 21.2 Å². The third-order valence-corrected chi connectivity index (χ3v) is 5.66. The number of nitrogens with one attached hydrogen (secondary N) is 1. The van der Waals surface area contributed by atoms with Gasteiger partial charge in [-0.25, -0.2) is 5.43 Å². The second kappa shape index (κ2) is 10.8. The SMILES string of the molecule is COc1cc(/C=N/NC(=O)Cc2ccc(Br)cc2)ccc1OCc1cccc2ccccc12. The Kier molecular flexibility index (Phi) is 7.37. The van der Waals surface area contributed by atoms with Crippen LogP contribution in [0.25, 0.3) is 10.8 Å². The Morgan fingerprint density at radius 3 is 2.58 bits per heavy atom. The fourth-order valence-corrected chi connectivity index (χ4v) is 3.73. The molecule has 0 saturated heterocycles. The van der Waals surface area contributed by atoms with Gasteiger partial charge in [0.2, 0.25) is 5.91 Å². The van der Waals surface area contributed by atoms with Crippen LogP contribution in [0.1, 0.15) is 16.7 Å². The molecule has 166 valence electrons. The molecule has 0 aromatic heterocycles. The van der Waals surface area contributed by atoms with Crippen LogP contribution in [0.15, 0.2) is 94.5 Å². The van der Waals surface area contributed by atoms with E-state index in [2.05, 4.69) is 50.7 Å². The molecule has 0 radical (unpaired) electrons. The highest BCUT2D eigenvalue weighted by atomic mass is 79.9. The predicted molar refractivity (Wildman–Crippen MR) is 135 cm³/mol. The van der Waals surface area contributed by atoms with E-state index in [-0.39, 0.29) is 12.3 Å². The fourth-order valence-electron chi connectivity index (χ4n) is 3.46. The molecule has 0 bridgehead atoms. The van der Waals surface area contributed by atoms with E-state index in [1.165, 1.54) is 10.8 Å². The third-order valence-electron chi connectivity index (χ3n) is 5.13. The summed E-state index contributed by atoms with van der Waals surface area (Å²) in [6.45, 7) is 0.428. The summed E-state index contributed by atoms with van der Waals surface area (Å²) in [5.74, 6) is 1.05. The Balaban J connectivity index is 1.38. The molecule has 1 N–H and O–H groups in total. The van der Waals surface area contributed by atoms with E-state index < -0.39 is 0 Å². The molecule has 0 aliphatic rings. The lowest BCUT2D eigenvalue weighted by Crippen LogP contribution is -2.19. The smallest absolute Gasteiger partial charge is 0.244 e. The minimum absolute atomic E-state index is 0.185. The van der Waals surface area contributed by atoms with Gasteiger partial charge < -0.3 is 9.47 Å². The van der Waals surface area contributed by atoms with Crippen LogP contribution in [0.5, 0.6) is 11.5 Å². The third kappa shape index (κ3) is 5.99. The van der Waals surface area contributed by atoms with Crippen molar-refractivity contribution in [3.63, 3.8) is 0 Å². The molecule has 0 saturated carbocycles. The largest absolute Gasteiger partial charge is 0.493 e. The number of halogens is 1. The number of fused-ring (bicyclic) bond motifs is 1. The highest BCUT2D eigenvalue weighted by Crippen LogP contribution is 2.29. The van der Waals surface area contributed by atoms with Crippen molar-refractivity contribution < 1.29 is 14.3 Å². The summed E-state index contributed by atoms with van der Waals surface area (Å²) >= 11 is 3.38. The van der Waals surface area contributed by atoms with E-state index in [1.54, 1.807) is 13.3 Å². The standard InChI is InChI=1S/C27H23BrN2O3/c1-32-26-15-20(17-29-30-27(31)16-19-9-12-23(28)13-10-19)11-14-25(26)33-18-22-7-4-6-21-5-2-3-8-24(21)22/h2-15,17H,16,18H2,1H3,(H,30,31)/b29-17+. The zero-order chi connectivity index (χ0) is 23.0. The fraction of sp³-hybridized carbons (Fsp3) is 0.111. The van der Waals surface area contributed by atoms with Crippen LogP contribution in [-0.2, 0) is 17.8 Å². The van der Waals surface area contributed by atoms with Crippen LogP contribution >= 0.6 is 15.9 Å². The Bertz CT molecular complexity index is 1280. The van der Waals surface area contributed by atoms with Gasteiger partial charge in [-0.1, -0.05) is 70.5 Å². The molecule has 0 fully saturated rings.